The van der Waals surface area contributed by atoms with Crippen LogP contribution in [-0.4, -0.2) is 17.4 Å². The first-order chi connectivity index (χ1) is 10.1. The number of carbonyl (C=O) groups excluding carboxylic acids is 1. The number of aromatic nitrogens is 1. The lowest BCUT2D eigenvalue weighted by Gasteiger charge is -2.10. The van der Waals surface area contributed by atoms with E-state index in [2.05, 4.69) is 15.6 Å². The van der Waals surface area contributed by atoms with E-state index in [4.69, 9.17) is 11.6 Å². The van der Waals surface area contributed by atoms with Crippen molar-refractivity contribution in [1.82, 2.24) is 10.3 Å². The SMILES string of the molecule is CCCNC(=O)c1ccc(Nc2cc(Cl)ccc2C)cn1. The molecule has 0 radical (unpaired) electrons. The molecule has 5 heteroatoms. The van der Waals surface area contributed by atoms with Crippen LogP contribution in [0.4, 0.5) is 11.4 Å². The number of aryl methyl sites for hydroxylation is 1. The molecule has 2 aromatic rings. The van der Waals surface area contributed by atoms with Crippen molar-refractivity contribution >= 4 is 28.9 Å². The Morgan fingerprint density at radius 1 is 1.29 bits per heavy atom. The predicted molar refractivity (Wildman–Crippen MR) is 86.3 cm³/mol. The summed E-state index contributed by atoms with van der Waals surface area (Å²) in [6.07, 6.45) is 2.54. The van der Waals surface area contributed by atoms with Gasteiger partial charge in [0.25, 0.3) is 5.91 Å². The van der Waals surface area contributed by atoms with Crippen molar-refractivity contribution in [3.8, 4) is 0 Å². The average Bonchev–Trinajstić information content (AvgIpc) is 2.49. The van der Waals surface area contributed by atoms with Crippen molar-refractivity contribution in [3.63, 3.8) is 0 Å². The third-order valence-electron chi connectivity index (χ3n) is 3.01. The standard InChI is InChI=1S/C16H18ClN3O/c1-3-8-18-16(21)14-7-6-13(10-19-14)20-15-9-12(17)5-4-11(15)2/h4-7,9-10,20H,3,8H2,1-2H3,(H,18,21). The van der Waals surface area contributed by atoms with E-state index in [-0.39, 0.29) is 5.91 Å². The zero-order valence-corrected chi connectivity index (χ0v) is 12.9. The molecule has 0 bridgehead atoms. The van der Waals surface area contributed by atoms with Gasteiger partial charge in [0.05, 0.1) is 11.9 Å². The number of nitrogens with one attached hydrogen (secondary N) is 2. The lowest BCUT2D eigenvalue weighted by Crippen LogP contribution is -2.24. The summed E-state index contributed by atoms with van der Waals surface area (Å²) < 4.78 is 0. The van der Waals surface area contributed by atoms with Crippen LogP contribution in [0.25, 0.3) is 0 Å². The molecule has 0 aliphatic carbocycles. The van der Waals surface area contributed by atoms with Gasteiger partial charge in [0.15, 0.2) is 0 Å². The van der Waals surface area contributed by atoms with Gasteiger partial charge in [-0.1, -0.05) is 24.6 Å². The molecule has 0 fully saturated rings. The maximum absolute atomic E-state index is 11.8. The second-order valence-electron chi connectivity index (χ2n) is 4.77. The van der Waals surface area contributed by atoms with E-state index in [1.165, 1.54) is 0 Å². The molecular weight excluding hydrogens is 286 g/mol. The molecule has 110 valence electrons. The Bertz CT molecular complexity index is 626. The predicted octanol–water partition coefficient (Wildman–Crippen LogP) is 3.93. The van der Waals surface area contributed by atoms with Gasteiger partial charge < -0.3 is 10.6 Å². The molecule has 1 aromatic carbocycles. The van der Waals surface area contributed by atoms with Gasteiger partial charge in [0.1, 0.15) is 5.69 Å². The molecule has 1 amide bonds. The van der Waals surface area contributed by atoms with Gasteiger partial charge >= 0.3 is 0 Å². The van der Waals surface area contributed by atoms with Crippen molar-refractivity contribution in [2.45, 2.75) is 20.3 Å². The number of pyridine rings is 1. The average molecular weight is 304 g/mol. The molecule has 4 nitrogen and oxygen atoms in total. The quantitative estimate of drug-likeness (QED) is 0.880. The van der Waals surface area contributed by atoms with E-state index in [1.807, 2.05) is 38.1 Å². The van der Waals surface area contributed by atoms with Gasteiger partial charge in [0, 0.05) is 17.3 Å². The van der Waals surface area contributed by atoms with Crippen LogP contribution < -0.4 is 10.6 Å². The highest BCUT2D eigenvalue weighted by atomic mass is 35.5. The maximum Gasteiger partial charge on any atom is 0.269 e. The van der Waals surface area contributed by atoms with Crippen molar-refractivity contribution < 1.29 is 4.79 Å². The monoisotopic (exact) mass is 303 g/mol. The highest BCUT2D eigenvalue weighted by Gasteiger charge is 2.06. The number of amides is 1. The normalized spacial score (nSPS) is 10.2. The molecule has 0 saturated carbocycles. The third-order valence-corrected chi connectivity index (χ3v) is 3.25. The van der Waals surface area contributed by atoms with Crippen LogP contribution in [0.15, 0.2) is 36.5 Å². The topological polar surface area (TPSA) is 54.0 Å². The van der Waals surface area contributed by atoms with Gasteiger partial charge in [-0.2, -0.15) is 0 Å². The fraction of sp³-hybridized carbons (Fsp3) is 0.250. The van der Waals surface area contributed by atoms with Crippen LogP contribution in [0.1, 0.15) is 29.4 Å². The zero-order valence-electron chi connectivity index (χ0n) is 12.1. The molecule has 2 N–H and O–H groups in total. The maximum atomic E-state index is 11.8. The first kappa shape index (κ1) is 15.3. The first-order valence-corrected chi connectivity index (χ1v) is 7.25. The number of anilines is 2. The molecule has 0 atom stereocenters. The number of rotatable bonds is 5. The smallest absolute Gasteiger partial charge is 0.269 e. The molecule has 0 saturated heterocycles. The van der Waals surface area contributed by atoms with Crippen LogP contribution in [0.5, 0.6) is 0 Å². The molecular formula is C16H18ClN3O. The highest BCUT2D eigenvalue weighted by molar-refractivity contribution is 6.30. The van der Waals surface area contributed by atoms with Gasteiger partial charge in [-0.15, -0.1) is 0 Å². The fourth-order valence-electron chi connectivity index (χ4n) is 1.82. The van der Waals surface area contributed by atoms with Gasteiger partial charge in [-0.3, -0.25) is 4.79 Å². The van der Waals surface area contributed by atoms with Gasteiger partial charge in [-0.05, 0) is 43.2 Å². The molecule has 0 unspecified atom stereocenters. The summed E-state index contributed by atoms with van der Waals surface area (Å²) in [5, 5.41) is 6.71. The Hall–Kier alpha value is -2.07. The number of benzene rings is 1. The Morgan fingerprint density at radius 2 is 2.10 bits per heavy atom. The van der Waals surface area contributed by atoms with Crippen molar-refractivity contribution in [2.24, 2.45) is 0 Å². The summed E-state index contributed by atoms with van der Waals surface area (Å²) in [7, 11) is 0. The molecule has 2 rings (SSSR count). The van der Waals surface area contributed by atoms with Gasteiger partial charge in [-0.25, -0.2) is 4.98 Å². The Kier molecular flexibility index (Phi) is 5.17. The molecule has 0 spiro atoms. The number of hydrogen-bond acceptors (Lipinski definition) is 3. The Morgan fingerprint density at radius 3 is 2.76 bits per heavy atom. The van der Waals surface area contributed by atoms with Gasteiger partial charge in [0.2, 0.25) is 0 Å². The Balaban J connectivity index is 2.09. The summed E-state index contributed by atoms with van der Waals surface area (Å²) >= 11 is 5.99. The minimum absolute atomic E-state index is 0.151. The number of halogens is 1. The molecule has 0 aliphatic rings. The molecule has 0 aliphatic heterocycles. The summed E-state index contributed by atoms with van der Waals surface area (Å²) in [5.74, 6) is -0.151. The molecule has 1 aromatic heterocycles. The number of nitrogens with zero attached hydrogens (tertiary/aromatic N) is 1. The van der Waals surface area contributed by atoms with E-state index in [9.17, 15) is 4.79 Å². The van der Waals surface area contributed by atoms with Crippen molar-refractivity contribution in [2.75, 3.05) is 11.9 Å². The van der Waals surface area contributed by atoms with E-state index in [0.29, 0.717) is 17.3 Å². The third kappa shape index (κ3) is 4.20. The fourth-order valence-corrected chi connectivity index (χ4v) is 1.99. The second kappa shape index (κ2) is 7.09. The van der Waals surface area contributed by atoms with E-state index >= 15 is 0 Å². The largest absolute Gasteiger partial charge is 0.354 e. The Labute approximate surface area is 129 Å². The lowest BCUT2D eigenvalue weighted by atomic mass is 10.2. The van der Waals surface area contributed by atoms with Crippen LogP contribution in [0, 0.1) is 6.92 Å². The minimum atomic E-state index is -0.151. The van der Waals surface area contributed by atoms with Crippen LogP contribution in [-0.2, 0) is 0 Å². The molecule has 21 heavy (non-hydrogen) atoms. The van der Waals surface area contributed by atoms with Crippen molar-refractivity contribution in [1.29, 1.82) is 0 Å². The highest BCUT2D eigenvalue weighted by Crippen LogP contribution is 2.23. The van der Waals surface area contributed by atoms with E-state index in [1.54, 1.807) is 12.3 Å². The number of hydrogen-bond donors (Lipinski definition) is 2. The van der Waals surface area contributed by atoms with Crippen molar-refractivity contribution in [3.05, 3.63) is 52.8 Å². The summed E-state index contributed by atoms with van der Waals surface area (Å²) in [4.78, 5) is 15.9. The second-order valence-corrected chi connectivity index (χ2v) is 5.21. The van der Waals surface area contributed by atoms with E-state index < -0.39 is 0 Å². The molecule has 1 heterocycles. The van der Waals surface area contributed by atoms with E-state index in [0.717, 1.165) is 23.4 Å². The summed E-state index contributed by atoms with van der Waals surface area (Å²) in [6, 6.07) is 9.19. The summed E-state index contributed by atoms with van der Waals surface area (Å²) in [6.45, 7) is 4.66. The first-order valence-electron chi connectivity index (χ1n) is 6.87. The van der Waals surface area contributed by atoms with Crippen LogP contribution in [0.3, 0.4) is 0 Å². The minimum Gasteiger partial charge on any atom is -0.354 e. The summed E-state index contributed by atoms with van der Waals surface area (Å²) in [5.41, 5.74) is 3.24. The zero-order chi connectivity index (χ0) is 15.2. The van der Waals surface area contributed by atoms with Crippen LogP contribution >= 0.6 is 11.6 Å². The lowest BCUT2D eigenvalue weighted by molar-refractivity contribution is 0.0949. The van der Waals surface area contributed by atoms with Crippen LogP contribution in [0.2, 0.25) is 5.02 Å². The number of carbonyl (C=O) groups is 1.